The SMILES string of the molecule is COc1ccc([C@]2(CCN(CC3CCC(c4ccc(NC(=O)OC(C)(C)C)cc4)CC3)CC(C)(C)C(F)(F)F)CCOC(C)(C)C2)cc1. The lowest BCUT2D eigenvalue weighted by atomic mass is 9.67. The summed E-state index contributed by atoms with van der Waals surface area (Å²) in [5.74, 6) is 1.51. The summed E-state index contributed by atoms with van der Waals surface area (Å²) in [5.41, 5.74) is 0.198. The minimum Gasteiger partial charge on any atom is -0.497 e. The predicted octanol–water partition coefficient (Wildman–Crippen LogP) is 10.1. The van der Waals surface area contributed by atoms with Crippen molar-refractivity contribution in [1.29, 1.82) is 0 Å². The van der Waals surface area contributed by atoms with Gasteiger partial charge in [0.15, 0.2) is 0 Å². The summed E-state index contributed by atoms with van der Waals surface area (Å²) in [4.78, 5) is 14.2. The third-order valence-corrected chi connectivity index (χ3v) is 10.2. The molecule has 1 atom stereocenters. The Morgan fingerprint density at radius 2 is 1.58 bits per heavy atom. The molecular weight excluding hydrogens is 617 g/mol. The third kappa shape index (κ3) is 10.4. The molecule has 0 unspecified atom stereocenters. The van der Waals surface area contributed by atoms with Gasteiger partial charge in [-0.15, -0.1) is 0 Å². The second-order valence-electron chi connectivity index (χ2n) is 16.4. The summed E-state index contributed by atoms with van der Waals surface area (Å²) in [5, 5.41) is 2.79. The average molecular weight is 675 g/mol. The van der Waals surface area contributed by atoms with Crippen molar-refractivity contribution in [1.82, 2.24) is 4.90 Å². The zero-order valence-electron chi connectivity index (χ0n) is 30.3. The van der Waals surface area contributed by atoms with Gasteiger partial charge < -0.3 is 19.1 Å². The van der Waals surface area contributed by atoms with E-state index < -0.39 is 23.3 Å². The van der Waals surface area contributed by atoms with E-state index in [4.69, 9.17) is 14.2 Å². The molecule has 48 heavy (non-hydrogen) atoms. The Kier molecular flexibility index (Phi) is 11.9. The van der Waals surface area contributed by atoms with Crippen LogP contribution in [0.3, 0.4) is 0 Å². The van der Waals surface area contributed by atoms with Gasteiger partial charge in [-0.1, -0.05) is 24.3 Å². The number of hydrogen-bond acceptors (Lipinski definition) is 5. The molecule has 1 heterocycles. The first-order valence-corrected chi connectivity index (χ1v) is 17.5. The zero-order valence-corrected chi connectivity index (χ0v) is 30.3. The Balaban J connectivity index is 1.44. The standard InChI is InChI=1S/C39H57F3N2O4/c1-35(2,3)48-34(45)43-32-17-13-30(14-18-32)29-11-9-28(10-12-29)25-44(27-36(4,5)39(40,41)42)23-21-38(22-24-47-37(6,7)26-38)31-15-19-33(46-8)20-16-31/h13-20,28-29H,9-12,21-27H2,1-8H3,(H,43,45)/t28?,29?,38-/m1/s1. The summed E-state index contributed by atoms with van der Waals surface area (Å²) in [6, 6.07) is 16.1. The lowest BCUT2D eigenvalue weighted by Crippen LogP contribution is -2.49. The molecule has 1 amide bonds. The number of carbonyl (C=O) groups excluding carboxylic acids is 1. The van der Waals surface area contributed by atoms with Gasteiger partial charge in [-0.25, -0.2) is 4.79 Å². The van der Waals surface area contributed by atoms with Crippen LogP contribution in [0, 0.1) is 11.3 Å². The van der Waals surface area contributed by atoms with Gasteiger partial charge in [0.25, 0.3) is 0 Å². The number of alkyl halides is 3. The Morgan fingerprint density at radius 3 is 2.12 bits per heavy atom. The lowest BCUT2D eigenvalue weighted by Gasteiger charge is -2.47. The first-order valence-electron chi connectivity index (χ1n) is 17.5. The van der Waals surface area contributed by atoms with E-state index in [0.29, 0.717) is 37.2 Å². The minimum absolute atomic E-state index is 0.0267. The highest BCUT2D eigenvalue weighted by Crippen LogP contribution is 2.46. The van der Waals surface area contributed by atoms with Gasteiger partial charge in [0.1, 0.15) is 11.4 Å². The van der Waals surface area contributed by atoms with Crippen molar-refractivity contribution in [2.45, 2.75) is 122 Å². The number of hydrogen-bond donors (Lipinski definition) is 1. The van der Waals surface area contributed by atoms with Crippen molar-refractivity contribution in [3.05, 3.63) is 59.7 Å². The molecule has 1 aliphatic heterocycles. The van der Waals surface area contributed by atoms with Gasteiger partial charge in [0.2, 0.25) is 0 Å². The van der Waals surface area contributed by atoms with Crippen LogP contribution in [0.25, 0.3) is 0 Å². The molecule has 1 saturated heterocycles. The molecule has 1 saturated carbocycles. The number of amides is 1. The lowest BCUT2D eigenvalue weighted by molar-refractivity contribution is -0.217. The van der Waals surface area contributed by atoms with Crippen LogP contribution in [0.4, 0.5) is 23.7 Å². The first-order chi connectivity index (χ1) is 22.3. The fourth-order valence-corrected chi connectivity index (χ4v) is 7.58. The molecule has 1 aliphatic carbocycles. The highest BCUT2D eigenvalue weighted by molar-refractivity contribution is 5.84. The van der Waals surface area contributed by atoms with Crippen molar-refractivity contribution in [3.63, 3.8) is 0 Å². The molecule has 9 heteroatoms. The van der Waals surface area contributed by atoms with Crippen molar-refractivity contribution in [3.8, 4) is 5.75 Å². The number of methoxy groups -OCH3 is 1. The van der Waals surface area contributed by atoms with Crippen LogP contribution in [0.15, 0.2) is 48.5 Å². The molecule has 2 fully saturated rings. The summed E-state index contributed by atoms with van der Waals surface area (Å²) >= 11 is 0. The fraction of sp³-hybridized carbons (Fsp3) is 0.667. The maximum atomic E-state index is 14.2. The average Bonchev–Trinajstić information content (AvgIpc) is 2.98. The van der Waals surface area contributed by atoms with Crippen LogP contribution in [0.2, 0.25) is 0 Å². The molecule has 0 radical (unpaired) electrons. The molecule has 2 aliphatic rings. The Hall–Kier alpha value is -2.78. The van der Waals surface area contributed by atoms with Gasteiger partial charge in [-0.2, -0.15) is 13.2 Å². The van der Waals surface area contributed by atoms with Crippen LogP contribution in [-0.2, 0) is 14.9 Å². The molecule has 0 spiro atoms. The van der Waals surface area contributed by atoms with E-state index in [2.05, 4.69) is 48.3 Å². The first kappa shape index (κ1) is 38.0. The van der Waals surface area contributed by atoms with Crippen LogP contribution in [-0.4, -0.2) is 61.7 Å². The fourth-order valence-electron chi connectivity index (χ4n) is 7.58. The van der Waals surface area contributed by atoms with Gasteiger partial charge in [0.05, 0.1) is 18.1 Å². The van der Waals surface area contributed by atoms with Crippen LogP contribution >= 0.6 is 0 Å². The van der Waals surface area contributed by atoms with Crippen molar-refractivity contribution < 1.29 is 32.2 Å². The molecule has 4 rings (SSSR count). The van der Waals surface area contributed by atoms with E-state index in [1.165, 1.54) is 25.0 Å². The highest BCUT2D eigenvalue weighted by atomic mass is 19.4. The summed E-state index contributed by atoms with van der Waals surface area (Å²) in [7, 11) is 1.65. The number of nitrogens with zero attached hydrogens (tertiary/aromatic N) is 1. The van der Waals surface area contributed by atoms with Crippen molar-refractivity contribution in [2.75, 3.05) is 38.7 Å². The summed E-state index contributed by atoms with van der Waals surface area (Å²) in [6.45, 7) is 14.2. The smallest absolute Gasteiger partial charge is 0.412 e. The van der Waals surface area contributed by atoms with Crippen LogP contribution in [0.5, 0.6) is 5.75 Å². The largest absolute Gasteiger partial charge is 0.497 e. The number of anilines is 1. The highest BCUT2D eigenvalue weighted by Gasteiger charge is 2.49. The number of carbonyl (C=O) groups is 1. The van der Waals surface area contributed by atoms with Gasteiger partial charge >= 0.3 is 12.3 Å². The Morgan fingerprint density at radius 1 is 0.958 bits per heavy atom. The van der Waals surface area contributed by atoms with Gasteiger partial charge in [-0.05, 0) is 147 Å². The van der Waals surface area contributed by atoms with Gasteiger partial charge in [0, 0.05) is 30.8 Å². The second-order valence-corrected chi connectivity index (χ2v) is 16.4. The molecule has 268 valence electrons. The maximum absolute atomic E-state index is 14.2. The summed E-state index contributed by atoms with van der Waals surface area (Å²) < 4.78 is 59.5. The molecule has 2 aromatic carbocycles. The molecule has 0 bridgehead atoms. The quantitative estimate of drug-likeness (QED) is 0.257. The molecule has 0 aromatic heterocycles. The van der Waals surface area contributed by atoms with Crippen molar-refractivity contribution in [2.24, 2.45) is 11.3 Å². The monoisotopic (exact) mass is 674 g/mol. The Labute approximate surface area is 286 Å². The zero-order chi connectivity index (χ0) is 35.4. The predicted molar refractivity (Wildman–Crippen MR) is 186 cm³/mol. The molecule has 2 aromatic rings. The minimum atomic E-state index is -4.29. The number of ether oxygens (including phenoxy) is 3. The molecule has 1 N–H and O–H groups in total. The maximum Gasteiger partial charge on any atom is 0.412 e. The topological polar surface area (TPSA) is 60.0 Å². The van der Waals surface area contributed by atoms with Crippen LogP contribution in [0.1, 0.15) is 110 Å². The van der Waals surface area contributed by atoms with E-state index in [1.54, 1.807) is 7.11 Å². The van der Waals surface area contributed by atoms with Gasteiger partial charge in [-0.3, -0.25) is 5.32 Å². The third-order valence-electron chi connectivity index (χ3n) is 10.2. The summed E-state index contributed by atoms with van der Waals surface area (Å²) in [6.07, 6.45) is 1.54. The van der Waals surface area contributed by atoms with E-state index >= 15 is 0 Å². The van der Waals surface area contributed by atoms with E-state index in [1.807, 2.05) is 45.0 Å². The Bertz CT molecular complexity index is 1330. The number of rotatable bonds is 11. The number of nitrogens with one attached hydrogen (secondary N) is 1. The van der Waals surface area contributed by atoms with E-state index in [0.717, 1.165) is 50.7 Å². The number of benzene rings is 2. The number of halogens is 3. The van der Waals surface area contributed by atoms with Crippen LogP contribution < -0.4 is 10.1 Å². The molecular formula is C39H57F3N2O4. The van der Waals surface area contributed by atoms with E-state index in [9.17, 15) is 18.0 Å². The van der Waals surface area contributed by atoms with E-state index in [-0.39, 0.29) is 17.6 Å². The normalized spacial score (nSPS) is 23.5. The molecule has 6 nitrogen and oxygen atoms in total. The van der Waals surface area contributed by atoms with Crippen molar-refractivity contribution >= 4 is 11.8 Å². The second kappa shape index (κ2) is 15.0.